The number of pyridine rings is 1. The van der Waals surface area contributed by atoms with Gasteiger partial charge in [-0.25, -0.2) is 0 Å². The number of hydrogen-bond donors (Lipinski definition) is 2. The number of carbonyl (C=O) groups is 2. The largest absolute Gasteiger partial charge is 0.322 e. The smallest absolute Gasteiger partial charge is 0.257 e. The van der Waals surface area contributed by atoms with Crippen LogP contribution in [0.25, 0.3) is 23.1 Å². The number of nitrogens with zero attached hydrogens (tertiary/aromatic N) is 2. The van der Waals surface area contributed by atoms with E-state index in [4.69, 9.17) is 0 Å². The SMILES string of the molecule is Cc1cncc(C(=O)Nc2cccc(C(=O)c3ccc4c(/C=C/c5ccccc5)n[nH]c4c3)c2)c1. The number of anilines is 1. The van der Waals surface area contributed by atoms with Crippen LogP contribution < -0.4 is 5.32 Å². The Morgan fingerprint density at radius 3 is 2.49 bits per heavy atom. The Morgan fingerprint density at radius 1 is 0.829 bits per heavy atom. The van der Waals surface area contributed by atoms with E-state index in [9.17, 15) is 9.59 Å². The highest BCUT2D eigenvalue weighted by molar-refractivity contribution is 6.12. The number of rotatable bonds is 6. The van der Waals surface area contributed by atoms with Crippen LogP contribution >= 0.6 is 0 Å². The van der Waals surface area contributed by atoms with E-state index in [0.717, 1.165) is 27.7 Å². The summed E-state index contributed by atoms with van der Waals surface area (Å²) >= 11 is 0. The number of fused-ring (bicyclic) bond motifs is 1. The highest BCUT2D eigenvalue weighted by Crippen LogP contribution is 2.22. The van der Waals surface area contributed by atoms with Gasteiger partial charge in [-0.2, -0.15) is 5.10 Å². The van der Waals surface area contributed by atoms with E-state index in [-0.39, 0.29) is 11.7 Å². The van der Waals surface area contributed by atoms with Gasteiger partial charge in [-0.15, -0.1) is 0 Å². The van der Waals surface area contributed by atoms with Gasteiger partial charge in [-0.05, 0) is 54.5 Å². The average Bonchev–Trinajstić information content (AvgIpc) is 3.30. The van der Waals surface area contributed by atoms with Crippen LogP contribution in [-0.4, -0.2) is 26.9 Å². The first-order valence-corrected chi connectivity index (χ1v) is 11.2. The minimum absolute atomic E-state index is 0.142. The summed E-state index contributed by atoms with van der Waals surface area (Å²) in [5, 5.41) is 11.2. The van der Waals surface area contributed by atoms with E-state index in [1.165, 1.54) is 6.20 Å². The van der Waals surface area contributed by atoms with Crippen molar-refractivity contribution in [3.05, 3.63) is 125 Å². The van der Waals surface area contributed by atoms with Gasteiger partial charge in [-0.1, -0.05) is 54.6 Å². The average molecular weight is 459 g/mol. The molecule has 5 rings (SSSR count). The molecule has 5 aromatic rings. The van der Waals surface area contributed by atoms with Crippen LogP contribution in [-0.2, 0) is 0 Å². The molecule has 0 saturated carbocycles. The first-order chi connectivity index (χ1) is 17.1. The molecule has 3 aromatic carbocycles. The van der Waals surface area contributed by atoms with Gasteiger partial charge in [0.2, 0.25) is 0 Å². The fraction of sp³-hybridized carbons (Fsp3) is 0.0345. The molecular formula is C29H22N4O2. The topological polar surface area (TPSA) is 87.7 Å². The molecule has 0 saturated heterocycles. The summed E-state index contributed by atoms with van der Waals surface area (Å²) in [6.07, 6.45) is 7.15. The molecule has 0 aliphatic carbocycles. The van der Waals surface area contributed by atoms with E-state index in [1.807, 2.05) is 55.5 Å². The number of aryl methyl sites for hydroxylation is 1. The van der Waals surface area contributed by atoms with E-state index in [0.29, 0.717) is 22.4 Å². The number of H-pyrrole nitrogens is 1. The zero-order valence-electron chi connectivity index (χ0n) is 19.0. The van der Waals surface area contributed by atoms with Gasteiger partial charge in [0.1, 0.15) is 0 Å². The Kier molecular flexibility index (Phi) is 6.01. The van der Waals surface area contributed by atoms with Crippen molar-refractivity contribution in [2.75, 3.05) is 5.32 Å². The lowest BCUT2D eigenvalue weighted by Crippen LogP contribution is -2.13. The Morgan fingerprint density at radius 2 is 1.66 bits per heavy atom. The maximum absolute atomic E-state index is 13.2. The van der Waals surface area contributed by atoms with Gasteiger partial charge >= 0.3 is 0 Å². The molecule has 170 valence electrons. The highest BCUT2D eigenvalue weighted by Gasteiger charge is 2.14. The second-order valence-electron chi connectivity index (χ2n) is 8.23. The molecule has 1 amide bonds. The summed E-state index contributed by atoms with van der Waals surface area (Å²) in [5.41, 5.74) is 5.58. The molecule has 0 aliphatic rings. The van der Waals surface area contributed by atoms with Gasteiger partial charge in [0, 0.05) is 34.6 Å². The van der Waals surface area contributed by atoms with E-state index >= 15 is 0 Å². The number of aromatic amines is 1. The fourth-order valence-electron chi connectivity index (χ4n) is 3.84. The maximum atomic E-state index is 13.2. The van der Waals surface area contributed by atoms with Crippen molar-refractivity contribution < 1.29 is 9.59 Å². The van der Waals surface area contributed by atoms with Crippen molar-refractivity contribution in [2.24, 2.45) is 0 Å². The predicted octanol–water partition coefficient (Wildman–Crippen LogP) is 5.92. The van der Waals surface area contributed by atoms with Crippen molar-refractivity contribution in [2.45, 2.75) is 6.92 Å². The number of hydrogen-bond acceptors (Lipinski definition) is 4. The lowest BCUT2D eigenvalue weighted by molar-refractivity contribution is 0.102. The van der Waals surface area contributed by atoms with Crippen molar-refractivity contribution in [3.63, 3.8) is 0 Å². The van der Waals surface area contributed by atoms with Gasteiger partial charge in [0.15, 0.2) is 5.78 Å². The molecule has 6 nitrogen and oxygen atoms in total. The first-order valence-electron chi connectivity index (χ1n) is 11.2. The third kappa shape index (κ3) is 4.91. The summed E-state index contributed by atoms with van der Waals surface area (Å²) in [5.74, 6) is -0.419. The zero-order chi connectivity index (χ0) is 24.2. The Balaban J connectivity index is 1.35. The summed E-state index contributed by atoms with van der Waals surface area (Å²) in [7, 11) is 0. The molecule has 0 aliphatic heterocycles. The number of benzene rings is 3. The van der Waals surface area contributed by atoms with Crippen LogP contribution in [0.15, 0.2) is 91.3 Å². The van der Waals surface area contributed by atoms with Crippen molar-refractivity contribution in [1.29, 1.82) is 0 Å². The summed E-state index contributed by atoms with van der Waals surface area (Å²) in [6, 6.07) is 24.2. The van der Waals surface area contributed by atoms with E-state index in [2.05, 4.69) is 20.5 Å². The van der Waals surface area contributed by atoms with E-state index < -0.39 is 0 Å². The predicted molar refractivity (Wildman–Crippen MR) is 138 cm³/mol. The lowest BCUT2D eigenvalue weighted by atomic mass is 10.0. The standard InChI is InChI=1S/C29H22N4O2/c1-19-14-23(18-30-17-19)29(35)31-24-9-5-8-21(15-24)28(34)22-11-12-25-26(32-33-27(25)16-22)13-10-20-6-3-2-4-7-20/h2-18H,1H3,(H,31,35)(H,32,33)/b13-10+. The molecule has 0 atom stereocenters. The van der Waals surface area contributed by atoms with Crippen LogP contribution in [0.2, 0.25) is 0 Å². The molecule has 0 spiro atoms. The Bertz CT molecular complexity index is 1570. The van der Waals surface area contributed by atoms with Crippen LogP contribution in [0.5, 0.6) is 0 Å². The van der Waals surface area contributed by atoms with Crippen LogP contribution in [0.1, 0.15) is 43.1 Å². The monoisotopic (exact) mass is 458 g/mol. The number of ketones is 1. The quantitative estimate of drug-likeness (QED) is 0.309. The fourth-order valence-corrected chi connectivity index (χ4v) is 3.84. The molecule has 2 N–H and O–H groups in total. The van der Waals surface area contributed by atoms with Crippen molar-refractivity contribution in [3.8, 4) is 0 Å². The molecule has 0 unspecified atom stereocenters. The minimum Gasteiger partial charge on any atom is -0.322 e. The van der Waals surface area contributed by atoms with Gasteiger partial charge in [0.05, 0.1) is 16.8 Å². The first kappa shape index (κ1) is 22.0. The lowest BCUT2D eigenvalue weighted by Gasteiger charge is -2.08. The van der Waals surface area contributed by atoms with Gasteiger partial charge in [0.25, 0.3) is 5.91 Å². The number of nitrogens with one attached hydrogen (secondary N) is 2. The van der Waals surface area contributed by atoms with Crippen LogP contribution in [0.4, 0.5) is 5.69 Å². The third-order valence-electron chi connectivity index (χ3n) is 5.61. The number of carbonyl (C=O) groups excluding carboxylic acids is 2. The molecule has 2 heterocycles. The molecular weight excluding hydrogens is 436 g/mol. The van der Waals surface area contributed by atoms with Crippen LogP contribution in [0, 0.1) is 6.92 Å². The Hall–Kier alpha value is -4.84. The third-order valence-corrected chi connectivity index (χ3v) is 5.61. The molecule has 0 bridgehead atoms. The van der Waals surface area contributed by atoms with Crippen molar-refractivity contribution >= 4 is 40.4 Å². The van der Waals surface area contributed by atoms with E-state index in [1.54, 1.807) is 48.7 Å². The summed E-state index contributed by atoms with van der Waals surface area (Å²) in [4.78, 5) is 29.8. The van der Waals surface area contributed by atoms with Crippen molar-refractivity contribution in [1.82, 2.24) is 15.2 Å². The molecule has 0 fully saturated rings. The molecule has 6 heteroatoms. The van der Waals surface area contributed by atoms with Gasteiger partial charge < -0.3 is 5.32 Å². The number of amides is 1. The normalized spacial score (nSPS) is 11.1. The highest BCUT2D eigenvalue weighted by atomic mass is 16.1. The van der Waals surface area contributed by atoms with Crippen LogP contribution in [0.3, 0.4) is 0 Å². The summed E-state index contributed by atoms with van der Waals surface area (Å²) in [6.45, 7) is 1.88. The second kappa shape index (κ2) is 9.57. The zero-order valence-corrected chi connectivity index (χ0v) is 19.0. The maximum Gasteiger partial charge on any atom is 0.257 e. The summed E-state index contributed by atoms with van der Waals surface area (Å²) < 4.78 is 0. The Labute approximate surface area is 202 Å². The molecule has 2 aromatic heterocycles. The molecule has 0 radical (unpaired) electrons. The van der Waals surface area contributed by atoms with Gasteiger partial charge in [-0.3, -0.25) is 19.7 Å². The minimum atomic E-state index is -0.277. The number of aromatic nitrogens is 3. The molecule has 35 heavy (non-hydrogen) atoms. The second-order valence-corrected chi connectivity index (χ2v) is 8.23.